The lowest BCUT2D eigenvalue weighted by Gasteiger charge is -2.22. The Morgan fingerprint density at radius 2 is 1.83 bits per heavy atom. The van der Waals surface area contributed by atoms with Crippen molar-refractivity contribution in [2.24, 2.45) is 0 Å². The number of nitrogens with one attached hydrogen (secondary N) is 2. The summed E-state index contributed by atoms with van der Waals surface area (Å²) < 4.78 is 34.1. The molecule has 0 fully saturated rings. The highest BCUT2D eigenvalue weighted by molar-refractivity contribution is 7.89. The van der Waals surface area contributed by atoms with Crippen LogP contribution in [-0.2, 0) is 22.9 Å². The van der Waals surface area contributed by atoms with Crippen molar-refractivity contribution in [3.63, 3.8) is 0 Å². The molecule has 1 aliphatic carbocycles. The van der Waals surface area contributed by atoms with E-state index in [0.717, 1.165) is 18.4 Å². The molecular weight excluding hydrogens is 388 g/mol. The van der Waals surface area contributed by atoms with Gasteiger partial charge in [-0.1, -0.05) is 25.1 Å². The lowest BCUT2D eigenvalue weighted by Crippen LogP contribution is -2.29. The van der Waals surface area contributed by atoms with Gasteiger partial charge in [0.1, 0.15) is 5.75 Å². The van der Waals surface area contributed by atoms with Crippen molar-refractivity contribution in [3.05, 3.63) is 58.7 Å². The summed E-state index contributed by atoms with van der Waals surface area (Å²) in [5, 5.41) is 2.51. The van der Waals surface area contributed by atoms with Gasteiger partial charge in [-0.15, -0.1) is 0 Å². The van der Waals surface area contributed by atoms with Gasteiger partial charge in [-0.25, -0.2) is 13.1 Å². The smallest absolute Gasteiger partial charge is 0.254 e. The van der Waals surface area contributed by atoms with E-state index in [-0.39, 0.29) is 16.5 Å². The highest BCUT2D eigenvalue weighted by atomic mass is 32.2. The summed E-state index contributed by atoms with van der Waals surface area (Å²) in [6.07, 6.45) is 5.14. The minimum absolute atomic E-state index is 0.0355. The Bertz CT molecular complexity index is 1000. The van der Waals surface area contributed by atoms with Crippen LogP contribution in [0.2, 0.25) is 0 Å². The largest absolute Gasteiger partial charge is 0.496 e. The molecule has 0 aromatic heterocycles. The fraction of sp³-hybridized carbons (Fsp3) is 0.409. The lowest BCUT2D eigenvalue weighted by molar-refractivity contribution is 0.0960. The van der Waals surface area contributed by atoms with Crippen LogP contribution in [-0.4, -0.2) is 28.5 Å². The second-order valence-corrected chi connectivity index (χ2v) is 8.97. The lowest BCUT2D eigenvalue weighted by atomic mass is 9.89. The quantitative estimate of drug-likeness (QED) is 0.725. The molecule has 0 saturated carbocycles. The molecule has 1 amide bonds. The van der Waals surface area contributed by atoms with E-state index < -0.39 is 15.9 Å². The first-order chi connectivity index (χ1) is 13.9. The van der Waals surface area contributed by atoms with Crippen LogP contribution in [0.15, 0.2) is 41.3 Å². The van der Waals surface area contributed by atoms with Crippen LogP contribution in [0.3, 0.4) is 0 Å². The number of amides is 1. The van der Waals surface area contributed by atoms with Crippen LogP contribution >= 0.6 is 0 Å². The first-order valence-electron chi connectivity index (χ1n) is 9.93. The number of benzene rings is 2. The number of fused-ring (bicyclic) bond motifs is 1. The highest BCUT2D eigenvalue weighted by Gasteiger charge is 2.24. The summed E-state index contributed by atoms with van der Waals surface area (Å²) >= 11 is 0. The predicted molar refractivity (Wildman–Crippen MR) is 113 cm³/mol. The normalized spacial score (nSPS) is 14.7. The molecule has 0 unspecified atom stereocenters. The molecule has 6 nitrogen and oxygen atoms in total. The Labute approximate surface area is 172 Å². The van der Waals surface area contributed by atoms with Crippen LogP contribution < -0.4 is 14.8 Å². The average molecular weight is 417 g/mol. The van der Waals surface area contributed by atoms with Crippen molar-refractivity contribution in [1.82, 2.24) is 10.0 Å². The van der Waals surface area contributed by atoms with Gasteiger partial charge in [0, 0.05) is 13.1 Å². The molecule has 7 heteroatoms. The van der Waals surface area contributed by atoms with Gasteiger partial charge in [-0.05, 0) is 67.0 Å². The molecule has 0 spiro atoms. The molecule has 0 bridgehead atoms. The van der Waals surface area contributed by atoms with Crippen molar-refractivity contribution in [2.75, 3.05) is 14.2 Å². The van der Waals surface area contributed by atoms with Crippen LogP contribution in [0, 0.1) is 0 Å². The molecule has 29 heavy (non-hydrogen) atoms. The van der Waals surface area contributed by atoms with Crippen LogP contribution in [0.4, 0.5) is 0 Å². The van der Waals surface area contributed by atoms with E-state index in [1.165, 1.54) is 56.3 Å². The molecule has 0 aliphatic heterocycles. The number of hydrogen-bond donors (Lipinski definition) is 2. The van der Waals surface area contributed by atoms with Gasteiger partial charge in [0.2, 0.25) is 10.0 Å². The zero-order valence-corrected chi connectivity index (χ0v) is 17.9. The first-order valence-corrected chi connectivity index (χ1v) is 11.4. The van der Waals surface area contributed by atoms with Crippen molar-refractivity contribution < 1.29 is 17.9 Å². The molecule has 0 radical (unpaired) electrons. The van der Waals surface area contributed by atoms with E-state index in [4.69, 9.17) is 4.74 Å². The Kier molecular flexibility index (Phi) is 6.59. The molecule has 2 N–H and O–H groups in total. The molecule has 3 rings (SSSR count). The molecule has 0 heterocycles. The molecule has 1 aliphatic rings. The fourth-order valence-corrected chi connectivity index (χ4v) is 5.11. The van der Waals surface area contributed by atoms with E-state index >= 15 is 0 Å². The maximum atomic E-state index is 13.0. The number of aryl methyl sites for hydroxylation is 2. The number of carbonyl (C=O) groups excluding carboxylic acids is 1. The van der Waals surface area contributed by atoms with Crippen molar-refractivity contribution in [2.45, 2.75) is 50.0 Å². The number of methoxy groups -OCH3 is 1. The average Bonchev–Trinajstić information content (AvgIpc) is 2.76. The van der Waals surface area contributed by atoms with E-state index in [9.17, 15) is 13.2 Å². The number of rotatable bonds is 7. The van der Waals surface area contributed by atoms with E-state index in [1.54, 1.807) is 0 Å². The van der Waals surface area contributed by atoms with Crippen molar-refractivity contribution >= 4 is 15.9 Å². The van der Waals surface area contributed by atoms with E-state index in [1.807, 2.05) is 13.0 Å². The third-order valence-electron chi connectivity index (χ3n) is 5.43. The zero-order valence-electron chi connectivity index (χ0n) is 17.1. The van der Waals surface area contributed by atoms with Crippen LogP contribution in [0.5, 0.6) is 5.75 Å². The molecular formula is C22H28N2O4S. The van der Waals surface area contributed by atoms with Crippen molar-refractivity contribution in [3.8, 4) is 5.75 Å². The summed E-state index contributed by atoms with van der Waals surface area (Å²) in [6, 6.07) is 10.2. The SMILES string of the molecule is CC[C@@H](NS(=O)(=O)c1ccc(OC)c(C(=O)NC)c1)c1ccc2c(c1)CCCC2. The topological polar surface area (TPSA) is 84.5 Å². The van der Waals surface area contributed by atoms with Gasteiger partial charge < -0.3 is 10.1 Å². The molecule has 156 valence electrons. The van der Waals surface area contributed by atoms with E-state index in [0.29, 0.717) is 12.2 Å². The van der Waals surface area contributed by atoms with Gasteiger partial charge in [0.25, 0.3) is 5.91 Å². The Balaban J connectivity index is 1.90. The predicted octanol–water partition coefficient (Wildman–Crippen LogP) is 3.36. The second-order valence-electron chi connectivity index (χ2n) is 7.26. The summed E-state index contributed by atoms with van der Waals surface area (Å²) in [5.74, 6) is -0.0781. The summed E-state index contributed by atoms with van der Waals surface area (Å²) in [7, 11) is -0.883. The first kappa shape index (κ1) is 21.3. The van der Waals surface area contributed by atoms with Crippen LogP contribution in [0.25, 0.3) is 0 Å². The molecule has 1 atom stereocenters. The third kappa shape index (κ3) is 4.62. The van der Waals surface area contributed by atoms with Gasteiger partial charge in [-0.3, -0.25) is 4.79 Å². The second kappa shape index (κ2) is 8.97. The summed E-state index contributed by atoms with van der Waals surface area (Å²) in [6.45, 7) is 1.95. The van der Waals surface area contributed by atoms with Gasteiger partial charge in [0.05, 0.1) is 17.6 Å². The standard InChI is InChI=1S/C22H28N2O4S/c1-4-20(17-10-9-15-7-5-6-8-16(15)13-17)24-29(26,27)18-11-12-21(28-3)19(14-18)22(25)23-2/h9-14,20,24H,4-8H2,1-3H3,(H,23,25)/t20-/m1/s1. The van der Waals surface area contributed by atoms with Crippen LogP contribution in [0.1, 0.15) is 59.3 Å². The molecule has 0 saturated heterocycles. The summed E-state index contributed by atoms with van der Waals surface area (Å²) in [5.41, 5.74) is 3.83. The molecule has 2 aromatic carbocycles. The number of ether oxygens (including phenoxy) is 1. The Hall–Kier alpha value is -2.38. The molecule has 2 aromatic rings. The highest BCUT2D eigenvalue weighted by Crippen LogP contribution is 2.28. The fourth-order valence-electron chi connectivity index (χ4n) is 3.78. The minimum atomic E-state index is -3.82. The Morgan fingerprint density at radius 1 is 1.10 bits per heavy atom. The van der Waals surface area contributed by atoms with Gasteiger partial charge in [0.15, 0.2) is 0 Å². The monoisotopic (exact) mass is 416 g/mol. The minimum Gasteiger partial charge on any atom is -0.496 e. The van der Waals surface area contributed by atoms with Gasteiger partial charge >= 0.3 is 0 Å². The third-order valence-corrected chi connectivity index (χ3v) is 6.90. The maximum absolute atomic E-state index is 13.0. The maximum Gasteiger partial charge on any atom is 0.254 e. The van der Waals surface area contributed by atoms with Crippen molar-refractivity contribution in [1.29, 1.82) is 0 Å². The summed E-state index contributed by atoms with van der Waals surface area (Å²) in [4.78, 5) is 12.1. The number of sulfonamides is 1. The van der Waals surface area contributed by atoms with E-state index in [2.05, 4.69) is 22.2 Å². The number of hydrogen-bond acceptors (Lipinski definition) is 4. The Morgan fingerprint density at radius 3 is 2.48 bits per heavy atom. The van der Waals surface area contributed by atoms with Gasteiger partial charge in [-0.2, -0.15) is 0 Å². The number of carbonyl (C=O) groups is 1. The zero-order chi connectivity index (χ0) is 21.0.